The molecule has 1 heterocycles. The first-order chi connectivity index (χ1) is 16.5. The lowest BCUT2D eigenvalue weighted by Crippen LogP contribution is -2.37. The Morgan fingerprint density at radius 3 is 2.29 bits per heavy atom. The summed E-state index contributed by atoms with van der Waals surface area (Å²) >= 11 is 1.04. The fraction of sp³-hybridized carbons (Fsp3) is 0.333. The van der Waals surface area contributed by atoms with E-state index in [1.54, 1.807) is 17.0 Å². The average molecular weight is 509 g/mol. The molecular formula is C24H24F4N4O2S. The Kier molecular flexibility index (Phi) is 8.55. The van der Waals surface area contributed by atoms with Gasteiger partial charge in [0.15, 0.2) is 0 Å². The van der Waals surface area contributed by atoms with E-state index in [4.69, 9.17) is 0 Å². The minimum atomic E-state index is -4.43. The van der Waals surface area contributed by atoms with Crippen LogP contribution in [0.15, 0.2) is 48.5 Å². The van der Waals surface area contributed by atoms with Crippen molar-refractivity contribution in [1.29, 1.82) is 0 Å². The van der Waals surface area contributed by atoms with Crippen molar-refractivity contribution >= 4 is 28.3 Å². The van der Waals surface area contributed by atoms with E-state index in [0.29, 0.717) is 22.7 Å². The molecule has 6 nitrogen and oxygen atoms in total. The lowest BCUT2D eigenvalue weighted by Gasteiger charge is -2.24. The highest BCUT2D eigenvalue weighted by molar-refractivity contribution is 7.18. The summed E-state index contributed by atoms with van der Waals surface area (Å²) in [6.45, 7) is 4.57. The van der Waals surface area contributed by atoms with Gasteiger partial charge in [-0.1, -0.05) is 49.4 Å². The van der Waals surface area contributed by atoms with Crippen molar-refractivity contribution < 1.29 is 27.2 Å². The number of benzene rings is 2. The van der Waals surface area contributed by atoms with Gasteiger partial charge in [0.1, 0.15) is 10.8 Å². The second-order valence-corrected chi connectivity index (χ2v) is 9.30. The third-order valence-corrected chi connectivity index (χ3v) is 5.83. The van der Waals surface area contributed by atoms with Gasteiger partial charge in [-0.05, 0) is 35.7 Å². The molecule has 0 aliphatic heterocycles. The molecule has 0 spiro atoms. The Morgan fingerprint density at radius 2 is 1.69 bits per heavy atom. The Hall–Kier alpha value is -3.34. The number of nitrogens with zero attached hydrogens (tertiary/aromatic N) is 3. The van der Waals surface area contributed by atoms with Crippen molar-refractivity contribution in [3.8, 4) is 10.6 Å². The number of amides is 2. The lowest BCUT2D eigenvalue weighted by molar-refractivity contribution is -0.137. The van der Waals surface area contributed by atoms with E-state index in [9.17, 15) is 27.2 Å². The SMILES string of the molecule is CC(C)CN(CCC(=O)Nc1nnc(-c2ccc(C(F)(F)F)cc2)s1)C(=O)Cc1ccc(F)cc1. The normalized spacial score (nSPS) is 11.5. The first kappa shape index (κ1) is 26.3. The molecule has 0 radical (unpaired) electrons. The zero-order valence-electron chi connectivity index (χ0n) is 19.1. The number of alkyl halides is 3. The van der Waals surface area contributed by atoms with Crippen LogP contribution in [0.25, 0.3) is 10.6 Å². The molecule has 0 unspecified atom stereocenters. The lowest BCUT2D eigenvalue weighted by atomic mass is 10.1. The molecule has 1 aromatic heterocycles. The number of carbonyl (C=O) groups excluding carboxylic acids is 2. The van der Waals surface area contributed by atoms with E-state index in [1.165, 1.54) is 24.3 Å². The maximum atomic E-state index is 13.1. The highest BCUT2D eigenvalue weighted by atomic mass is 32.1. The molecule has 0 aliphatic carbocycles. The summed E-state index contributed by atoms with van der Waals surface area (Å²) in [5, 5.41) is 11.0. The van der Waals surface area contributed by atoms with Gasteiger partial charge >= 0.3 is 6.18 Å². The number of hydrogen-bond donors (Lipinski definition) is 1. The maximum absolute atomic E-state index is 13.1. The highest BCUT2D eigenvalue weighted by Gasteiger charge is 2.30. The van der Waals surface area contributed by atoms with Gasteiger partial charge in [0, 0.05) is 25.1 Å². The molecule has 3 aromatic rings. The molecule has 0 atom stereocenters. The fourth-order valence-corrected chi connectivity index (χ4v) is 4.02. The van der Waals surface area contributed by atoms with E-state index in [2.05, 4.69) is 15.5 Å². The van der Waals surface area contributed by atoms with Gasteiger partial charge in [0.05, 0.1) is 12.0 Å². The molecular weight excluding hydrogens is 484 g/mol. The number of nitrogens with one attached hydrogen (secondary N) is 1. The molecule has 0 aliphatic rings. The van der Waals surface area contributed by atoms with Crippen molar-refractivity contribution in [2.45, 2.75) is 32.9 Å². The van der Waals surface area contributed by atoms with E-state index in [1.807, 2.05) is 13.8 Å². The summed E-state index contributed by atoms with van der Waals surface area (Å²) in [4.78, 5) is 26.8. The summed E-state index contributed by atoms with van der Waals surface area (Å²) in [5.74, 6) is -0.734. The molecule has 0 bridgehead atoms. The average Bonchev–Trinajstić information content (AvgIpc) is 3.25. The zero-order valence-corrected chi connectivity index (χ0v) is 19.9. The summed E-state index contributed by atoms with van der Waals surface area (Å²) in [6, 6.07) is 10.2. The van der Waals surface area contributed by atoms with Gasteiger partial charge in [-0.3, -0.25) is 9.59 Å². The Morgan fingerprint density at radius 1 is 1.03 bits per heavy atom. The minimum absolute atomic E-state index is 0.0249. The van der Waals surface area contributed by atoms with Crippen LogP contribution in [0, 0.1) is 11.7 Å². The Labute approximate surface area is 204 Å². The predicted octanol–water partition coefficient (Wildman–Crippen LogP) is 5.42. The van der Waals surface area contributed by atoms with Crippen molar-refractivity contribution in [3.63, 3.8) is 0 Å². The zero-order chi connectivity index (χ0) is 25.6. The van der Waals surface area contributed by atoms with Crippen molar-refractivity contribution in [2.75, 3.05) is 18.4 Å². The first-order valence-electron chi connectivity index (χ1n) is 10.8. The monoisotopic (exact) mass is 508 g/mol. The molecule has 3 rings (SSSR count). The van der Waals surface area contributed by atoms with Gasteiger partial charge in [-0.15, -0.1) is 10.2 Å². The number of aromatic nitrogens is 2. The van der Waals surface area contributed by atoms with Gasteiger partial charge in [-0.25, -0.2) is 4.39 Å². The van der Waals surface area contributed by atoms with Crippen molar-refractivity contribution in [3.05, 3.63) is 65.5 Å². The van der Waals surface area contributed by atoms with Crippen LogP contribution in [0.1, 0.15) is 31.4 Å². The number of hydrogen-bond acceptors (Lipinski definition) is 5. The number of halogens is 4. The fourth-order valence-electron chi connectivity index (χ4n) is 3.26. The van der Waals surface area contributed by atoms with Crippen LogP contribution in [0.3, 0.4) is 0 Å². The number of rotatable bonds is 9. The molecule has 0 fully saturated rings. The Balaban J connectivity index is 1.57. The standard InChI is InChI=1S/C24H24F4N4O2S/c1-15(2)14-32(21(34)13-16-3-9-19(25)10-4-16)12-11-20(33)29-23-31-30-22(35-23)17-5-7-18(8-6-17)24(26,27)28/h3-10,15H,11-14H2,1-2H3,(H,29,31,33). The maximum Gasteiger partial charge on any atom is 0.416 e. The van der Waals surface area contributed by atoms with Gasteiger partial charge in [0.25, 0.3) is 0 Å². The molecule has 186 valence electrons. The van der Waals surface area contributed by atoms with Crippen LogP contribution >= 0.6 is 11.3 Å². The molecule has 0 saturated heterocycles. The number of carbonyl (C=O) groups is 2. The van der Waals surface area contributed by atoms with E-state index in [0.717, 1.165) is 23.5 Å². The molecule has 2 aromatic carbocycles. The van der Waals surface area contributed by atoms with Crippen molar-refractivity contribution in [1.82, 2.24) is 15.1 Å². The van der Waals surface area contributed by atoms with Crippen LogP contribution in [0.5, 0.6) is 0 Å². The predicted molar refractivity (Wildman–Crippen MR) is 125 cm³/mol. The van der Waals surface area contributed by atoms with Crippen LogP contribution in [0.4, 0.5) is 22.7 Å². The van der Waals surface area contributed by atoms with Gasteiger partial charge < -0.3 is 10.2 Å². The van der Waals surface area contributed by atoms with E-state index < -0.39 is 11.7 Å². The highest BCUT2D eigenvalue weighted by Crippen LogP contribution is 2.32. The molecule has 11 heteroatoms. The molecule has 35 heavy (non-hydrogen) atoms. The van der Waals surface area contributed by atoms with Gasteiger partial charge in [-0.2, -0.15) is 13.2 Å². The third-order valence-electron chi connectivity index (χ3n) is 4.95. The minimum Gasteiger partial charge on any atom is -0.342 e. The smallest absolute Gasteiger partial charge is 0.342 e. The van der Waals surface area contributed by atoms with E-state index in [-0.39, 0.29) is 48.1 Å². The summed E-state index contributed by atoms with van der Waals surface area (Å²) in [5.41, 5.74) is 0.365. The molecule has 0 saturated carbocycles. The Bertz CT molecular complexity index is 1150. The summed E-state index contributed by atoms with van der Waals surface area (Å²) < 4.78 is 51.3. The van der Waals surface area contributed by atoms with E-state index >= 15 is 0 Å². The first-order valence-corrected chi connectivity index (χ1v) is 11.7. The molecule has 2 amide bonds. The second-order valence-electron chi connectivity index (χ2n) is 8.32. The van der Waals surface area contributed by atoms with Crippen LogP contribution in [-0.4, -0.2) is 40.0 Å². The summed E-state index contributed by atoms with van der Waals surface area (Å²) in [6.07, 6.45) is -4.30. The van der Waals surface area contributed by atoms with Crippen LogP contribution < -0.4 is 5.32 Å². The second kappa shape index (κ2) is 11.4. The topological polar surface area (TPSA) is 75.2 Å². The largest absolute Gasteiger partial charge is 0.416 e. The van der Waals surface area contributed by atoms with Gasteiger partial charge in [0.2, 0.25) is 16.9 Å². The van der Waals surface area contributed by atoms with Crippen LogP contribution in [0.2, 0.25) is 0 Å². The quantitative estimate of drug-likeness (QED) is 0.392. The van der Waals surface area contributed by atoms with Crippen LogP contribution in [-0.2, 0) is 22.2 Å². The molecule has 1 N–H and O–H groups in total. The number of anilines is 1. The summed E-state index contributed by atoms with van der Waals surface area (Å²) in [7, 11) is 0. The third kappa shape index (κ3) is 7.84. The van der Waals surface area contributed by atoms with Crippen molar-refractivity contribution in [2.24, 2.45) is 5.92 Å².